The molecule has 1 fully saturated rings. The minimum absolute atomic E-state index is 0.0702. The highest BCUT2D eigenvalue weighted by Gasteiger charge is 2.42. The molecule has 3 amide bonds. The number of piperazine rings is 1. The Morgan fingerprint density at radius 3 is 2.29 bits per heavy atom. The number of hydrogen-bond acceptors (Lipinski definition) is 6. The van der Waals surface area contributed by atoms with Crippen LogP contribution in [0, 0.1) is 0 Å². The van der Waals surface area contributed by atoms with Crippen molar-refractivity contribution in [2.24, 2.45) is 0 Å². The van der Waals surface area contributed by atoms with Gasteiger partial charge in [0.2, 0.25) is 5.91 Å². The topological polar surface area (TPSA) is 95.1 Å². The third-order valence-electron chi connectivity index (χ3n) is 4.84. The number of thiophene rings is 1. The number of amides is 3. The van der Waals surface area contributed by atoms with Crippen molar-refractivity contribution in [2.45, 2.75) is 4.90 Å². The van der Waals surface area contributed by atoms with E-state index in [0.717, 1.165) is 0 Å². The molecule has 4 rings (SSSR count). The van der Waals surface area contributed by atoms with E-state index in [1.54, 1.807) is 23.1 Å². The maximum atomic E-state index is 12.6. The molecule has 0 radical (unpaired) electrons. The maximum Gasteiger partial charge on any atom is 0.269 e. The van der Waals surface area contributed by atoms with Crippen LogP contribution in [0.25, 0.3) is 0 Å². The van der Waals surface area contributed by atoms with Crippen molar-refractivity contribution in [3.63, 3.8) is 0 Å². The van der Waals surface area contributed by atoms with Gasteiger partial charge in [-0.3, -0.25) is 14.4 Å². The van der Waals surface area contributed by atoms with E-state index in [4.69, 9.17) is 0 Å². The number of carbonyl (C=O) groups is 3. The van der Waals surface area contributed by atoms with Gasteiger partial charge in [0, 0.05) is 26.2 Å². The molecule has 0 unspecified atom stereocenters. The number of hydrogen-bond donors (Lipinski definition) is 0. The number of rotatable bonds is 3. The first-order valence-electron chi connectivity index (χ1n) is 8.66. The lowest BCUT2D eigenvalue weighted by atomic mass is 10.2. The Hall–Kier alpha value is -2.72. The first-order valence-corrected chi connectivity index (χ1v) is 11.0. The van der Waals surface area contributed by atoms with Crippen LogP contribution in [0.5, 0.6) is 0 Å². The summed E-state index contributed by atoms with van der Waals surface area (Å²) in [6, 6.07) is 9.49. The monoisotopic (exact) mass is 419 g/mol. The third-order valence-corrected chi connectivity index (χ3v) is 7.49. The highest BCUT2D eigenvalue weighted by Crippen LogP contribution is 2.29. The van der Waals surface area contributed by atoms with Gasteiger partial charge in [0.05, 0.1) is 10.4 Å². The van der Waals surface area contributed by atoms with Gasteiger partial charge in [-0.2, -0.15) is 0 Å². The molecule has 0 bridgehead atoms. The summed E-state index contributed by atoms with van der Waals surface area (Å²) in [5, 5.41) is 1.83. The fourth-order valence-corrected chi connectivity index (χ4v) is 5.53. The molecule has 1 aromatic heterocycles. The van der Waals surface area contributed by atoms with Gasteiger partial charge >= 0.3 is 0 Å². The molecule has 2 aromatic rings. The molecular weight excluding hydrogens is 402 g/mol. The number of carbonyl (C=O) groups excluding carboxylic acids is 3. The SMILES string of the molecule is O=C(CN1C(=O)c2ccccc2S1(=O)=O)N1CCN(C(=O)c2cccs2)CC1. The minimum atomic E-state index is -4.01. The smallest absolute Gasteiger partial charge is 0.269 e. The van der Waals surface area contributed by atoms with E-state index in [1.165, 1.54) is 28.4 Å². The van der Waals surface area contributed by atoms with E-state index in [9.17, 15) is 22.8 Å². The molecule has 0 aliphatic carbocycles. The normalized spacial score (nSPS) is 18.3. The van der Waals surface area contributed by atoms with Crippen LogP contribution in [0.2, 0.25) is 0 Å². The van der Waals surface area contributed by atoms with Gasteiger partial charge in [0.15, 0.2) is 0 Å². The van der Waals surface area contributed by atoms with Crippen molar-refractivity contribution in [1.82, 2.24) is 14.1 Å². The fourth-order valence-electron chi connectivity index (χ4n) is 3.33. The van der Waals surface area contributed by atoms with E-state index < -0.39 is 28.4 Å². The third kappa shape index (κ3) is 3.08. The summed E-state index contributed by atoms with van der Waals surface area (Å²) >= 11 is 1.36. The molecular formula is C18H17N3O5S2. The second kappa shape index (κ2) is 7.02. The molecule has 3 heterocycles. The van der Waals surface area contributed by atoms with Crippen LogP contribution in [0.3, 0.4) is 0 Å². The van der Waals surface area contributed by atoms with Crippen LogP contribution >= 0.6 is 11.3 Å². The predicted octanol–water partition coefficient (Wildman–Crippen LogP) is 0.877. The second-order valence-corrected chi connectivity index (χ2v) is 9.24. The lowest BCUT2D eigenvalue weighted by molar-refractivity contribution is -0.132. The van der Waals surface area contributed by atoms with Gasteiger partial charge in [-0.1, -0.05) is 18.2 Å². The molecule has 1 saturated heterocycles. The highest BCUT2D eigenvalue weighted by molar-refractivity contribution is 7.90. The van der Waals surface area contributed by atoms with Gasteiger partial charge in [-0.15, -0.1) is 11.3 Å². The zero-order valence-electron chi connectivity index (χ0n) is 14.8. The molecule has 28 heavy (non-hydrogen) atoms. The summed E-state index contributed by atoms with van der Waals surface area (Å²) in [6.45, 7) is 0.789. The molecule has 0 atom stereocenters. The maximum absolute atomic E-state index is 12.6. The molecule has 10 heteroatoms. The fraction of sp³-hybridized carbons (Fsp3) is 0.278. The quantitative estimate of drug-likeness (QED) is 0.736. The van der Waals surface area contributed by atoms with Crippen LogP contribution in [0.15, 0.2) is 46.7 Å². The van der Waals surface area contributed by atoms with E-state index in [0.29, 0.717) is 35.4 Å². The van der Waals surface area contributed by atoms with Crippen molar-refractivity contribution in [3.8, 4) is 0 Å². The number of fused-ring (bicyclic) bond motifs is 1. The Labute approximate surface area is 166 Å². The largest absolute Gasteiger partial charge is 0.338 e. The Morgan fingerprint density at radius 1 is 0.964 bits per heavy atom. The first-order chi connectivity index (χ1) is 13.4. The highest BCUT2D eigenvalue weighted by atomic mass is 32.2. The molecule has 146 valence electrons. The van der Waals surface area contributed by atoms with Crippen molar-refractivity contribution in [2.75, 3.05) is 32.7 Å². The standard InChI is InChI=1S/C18H17N3O5S2/c22-16(12-21-17(23)13-4-1-2-6-15(13)28(21,25)26)19-7-9-20(10-8-19)18(24)14-5-3-11-27-14/h1-6,11H,7-10,12H2. The van der Waals surface area contributed by atoms with Crippen molar-refractivity contribution in [1.29, 1.82) is 0 Å². The second-order valence-electron chi connectivity index (χ2n) is 6.46. The van der Waals surface area contributed by atoms with Crippen LogP contribution in [-0.2, 0) is 14.8 Å². The van der Waals surface area contributed by atoms with Gasteiger partial charge in [0.25, 0.3) is 21.8 Å². The Bertz CT molecular complexity index is 1040. The molecule has 2 aliphatic heterocycles. The van der Waals surface area contributed by atoms with E-state index in [-0.39, 0.29) is 16.4 Å². The molecule has 0 spiro atoms. The van der Waals surface area contributed by atoms with Gasteiger partial charge < -0.3 is 9.80 Å². The van der Waals surface area contributed by atoms with E-state index >= 15 is 0 Å². The van der Waals surface area contributed by atoms with Crippen LogP contribution in [-0.4, -0.2) is 73.0 Å². The number of benzene rings is 1. The van der Waals surface area contributed by atoms with Crippen LogP contribution in [0.4, 0.5) is 0 Å². The van der Waals surface area contributed by atoms with Crippen molar-refractivity contribution >= 4 is 39.1 Å². The summed E-state index contributed by atoms with van der Waals surface area (Å²) in [7, 11) is -4.01. The van der Waals surface area contributed by atoms with Crippen LogP contribution < -0.4 is 0 Å². The van der Waals surface area contributed by atoms with Crippen molar-refractivity contribution in [3.05, 3.63) is 52.2 Å². The molecule has 0 N–H and O–H groups in total. The summed E-state index contributed by atoms with van der Waals surface area (Å²) in [6.07, 6.45) is 0. The Balaban J connectivity index is 1.41. The van der Waals surface area contributed by atoms with Gasteiger partial charge in [-0.25, -0.2) is 12.7 Å². The zero-order chi connectivity index (χ0) is 19.9. The zero-order valence-corrected chi connectivity index (χ0v) is 16.4. The summed E-state index contributed by atoms with van der Waals surface area (Å²) < 4.78 is 25.8. The van der Waals surface area contributed by atoms with E-state index in [1.807, 2.05) is 11.4 Å². The summed E-state index contributed by atoms with van der Waals surface area (Å²) in [5.41, 5.74) is 0.0849. The van der Waals surface area contributed by atoms with Gasteiger partial charge in [-0.05, 0) is 23.6 Å². The molecule has 0 saturated carbocycles. The Morgan fingerprint density at radius 2 is 1.64 bits per heavy atom. The lowest BCUT2D eigenvalue weighted by Crippen LogP contribution is -2.53. The molecule has 8 nitrogen and oxygen atoms in total. The Kier molecular flexibility index (Phi) is 4.68. The first kappa shape index (κ1) is 18.6. The average Bonchev–Trinajstić information content (AvgIpc) is 3.30. The summed E-state index contributed by atoms with van der Waals surface area (Å²) in [4.78, 5) is 41.1. The lowest BCUT2D eigenvalue weighted by Gasteiger charge is -2.35. The van der Waals surface area contributed by atoms with E-state index in [2.05, 4.69) is 0 Å². The van der Waals surface area contributed by atoms with Gasteiger partial charge in [0.1, 0.15) is 11.4 Å². The number of sulfonamides is 1. The van der Waals surface area contributed by atoms with Crippen LogP contribution in [0.1, 0.15) is 20.0 Å². The van der Waals surface area contributed by atoms with Crippen molar-refractivity contribution < 1.29 is 22.8 Å². The molecule has 2 aliphatic rings. The summed E-state index contributed by atoms with van der Waals surface area (Å²) in [5.74, 6) is -1.21. The molecule has 1 aromatic carbocycles. The average molecular weight is 419 g/mol. The predicted molar refractivity (Wildman–Crippen MR) is 101 cm³/mol. The number of nitrogens with zero attached hydrogens (tertiary/aromatic N) is 3. The minimum Gasteiger partial charge on any atom is -0.338 e.